The van der Waals surface area contributed by atoms with Gasteiger partial charge >= 0.3 is 11.9 Å². The number of carbonyl (C=O) groups excluding carboxylic acids is 1. The molecule has 2 N–H and O–H groups in total. The van der Waals surface area contributed by atoms with E-state index in [1.54, 1.807) is 0 Å². The summed E-state index contributed by atoms with van der Waals surface area (Å²) in [5.41, 5.74) is 0.436. The van der Waals surface area contributed by atoms with E-state index >= 15 is 0 Å². The van der Waals surface area contributed by atoms with Gasteiger partial charge in [-0.2, -0.15) is 0 Å². The van der Waals surface area contributed by atoms with Gasteiger partial charge < -0.3 is 14.9 Å². The van der Waals surface area contributed by atoms with E-state index in [9.17, 15) is 19.8 Å². The van der Waals surface area contributed by atoms with Crippen LogP contribution >= 0.6 is 0 Å². The van der Waals surface area contributed by atoms with Crippen LogP contribution in [-0.2, 0) is 20.9 Å². The summed E-state index contributed by atoms with van der Waals surface area (Å²) in [7, 11) is 0. The van der Waals surface area contributed by atoms with Crippen molar-refractivity contribution in [3.05, 3.63) is 35.9 Å². The van der Waals surface area contributed by atoms with E-state index < -0.39 is 17.3 Å². The van der Waals surface area contributed by atoms with Crippen LogP contribution in [0.1, 0.15) is 104 Å². The molecule has 0 unspecified atom stereocenters. The summed E-state index contributed by atoms with van der Waals surface area (Å²) < 4.78 is 6.01. The topological polar surface area (TPSA) is 83.8 Å². The fourth-order valence-electron chi connectivity index (χ4n) is 12.1. The van der Waals surface area contributed by atoms with Crippen LogP contribution in [0.4, 0.5) is 0 Å². The first kappa shape index (κ1) is 28.2. The van der Waals surface area contributed by atoms with Crippen molar-refractivity contribution in [1.29, 1.82) is 0 Å². The first-order valence-electron chi connectivity index (χ1n) is 15.9. The minimum Gasteiger partial charge on any atom is -0.481 e. The molecule has 0 amide bonds. The van der Waals surface area contributed by atoms with Crippen molar-refractivity contribution in [3.63, 3.8) is 0 Å². The van der Waals surface area contributed by atoms with Crippen LogP contribution in [0.15, 0.2) is 30.3 Å². The zero-order valence-corrected chi connectivity index (χ0v) is 25.2. The smallest absolute Gasteiger partial charge is 0.312 e. The molecule has 5 aliphatic rings. The Bertz CT molecular complexity index is 1160. The van der Waals surface area contributed by atoms with Gasteiger partial charge in [0.2, 0.25) is 0 Å². The number of fused-ring (bicyclic) bond motifs is 7. The summed E-state index contributed by atoms with van der Waals surface area (Å²) in [6, 6.07) is 9.81. The van der Waals surface area contributed by atoms with Gasteiger partial charge in [0.1, 0.15) is 6.61 Å². The number of benzene rings is 1. The summed E-state index contributed by atoms with van der Waals surface area (Å²) in [4.78, 5) is 26.7. The Morgan fingerprint density at radius 1 is 0.825 bits per heavy atom. The highest BCUT2D eigenvalue weighted by Gasteiger charge is 2.72. The SMILES string of the molecule is CC1(C)[C@@H](O)CC[C@]2(C)[C@H]3CC[C@@H]4[C@H]5[C@H](C(=O)O)CC[C@]5(C(=O)OCc5ccccc5)CC[C@@]4(C)[C@]3(C)CC[C@@H]12. The van der Waals surface area contributed by atoms with Crippen LogP contribution < -0.4 is 0 Å². The number of hydrogen-bond donors (Lipinski definition) is 2. The van der Waals surface area contributed by atoms with Crippen molar-refractivity contribution in [2.75, 3.05) is 0 Å². The molecule has 5 nitrogen and oxygen atoms in total. The Labute approximate surface area is 240 Å². The Hall–Kier alpha value is -1.88. The second-order valence-corrected chi connectivity index (χ2v) is 15.8. The Morgan fingerprint density at radius 2 is 1.55 bits per heavy atom. The van der Waals surface area contributed by atoms with Crippen molar-refractivity contribution in [3.8, 4) is 0 Å². The fraction of sp³-hybridized carbons (Fsp3) is 0.771. The van der Waals surface area contributed by atoms with Crippen LogP contribution in [0.2, 0.25) is 0 Å². The van der Waals surface area contributed by atoms with Gasteiger partial charge in [0.05, 0.1) is 17.4 Å². The lowest BCUT2D eigenvalue weighted by atomic mass is 9.32. The Morgan fingerprint density at radius 3 is 2.25 bits per heavy atom. The molecule has 5 aliphatic carbocycles. The summed E-state index contributed by atoms with van der Waals surface area (Å²) in [6.45, 7) is 12.3. The third kappa shape index (κ3) is 3.67. The van der Waals surface area contributed by atoms with Crippen LogP contribution in [0.5, 0.6) is 0 Å². The van der Waals surface area contributed by atoms with Gasteiger partial charge in [-0.05, 0) is 115 Å². The number of hydrogen-bond acceptors (Lipinski definition) is 4. The van der Waals surface area contributed by atoms with E-state index in [1.165, 1.54) is 0 Å². The zero-order chi connectivity index (χ0) is 28.7. The fourth-order valence-corrected chi connectivity index (χ4v) is 12.1. The predicted molar refractivity (Wildman–Crippen MR) is 154 cm³/mol. The van der Waals surface area contributed by atoms with Crippen LogP contribution in [0.3, 0.4) is 0 Å². The number of aliphatic carboxylic acids is 1. The highest BCUT2D eigenvalue weighted by molar-refractivity contribution is 5.81. The van der Waals surface area contributed by atoms with E-state index in [-0.39, 0.29) is 52.2 Å². The van der Waals surface area contributed by atoms with Crippen molar-refractivity contribution >= 4 is 11.9 Å². The first-order valence-corrected chi connectivity index (χ1v) is 15.9. The molecule has 0 aliphatic heterocycles. The second-order valence-electron chi connectivity index (χ2n) is 15.8. The van der Waals surface area contributed by atoms with Gasteiger partial charge in [-0.3, -0.25) is 9.59 Å². The number of carboxylic acids is 1. The molecule has 0 radical (unpaired) electrons. The highest BCUT2D eigenvalue weighted by Crippen LogP contribution is 2.77. The lowest BCUT2D eigenvalue weighted by molar-refractivity contribution is -0.249. The average molecular weight is 551 g/mol. The minimum atomic E-state index is -0.738. The number of aliphatic hydroxyl groups is 1. The number of carbonyl (C=O) groups is 2. The third-order valence-electron chi connectivity index (χ3n) is 14.3. The van der Waals surface area contributed by atoms with Crippen LogP contribution in [-0.4, -0.2) is 28.3 Å². The van der Waals surface area contributed by atoms with Gasteiger partial charge in [0, 0.05) is 0 Å². The maximum absolute atomic E-state index is 14.0. The lowest BCUT2D eigenvalue weighted by Gasteiger charge is -2.72. The summed E-state index contributed by atoms with van der Waals surface area (Å²) in [6.07, 6.45) is 8.90. The third-order valence-corrected chi connectivity index (χ3v) is 14.3. The summed E-state index contributed by atoms with van der Waals surface area (Å²) >= 11 is 0. The zero-order valence-electron chi connectivity index (χ0n) is 25.2. The van der Waals surface area contributed by atoms with Gasteiger partial charge in [0.25, 0.3) is 0 Å². The molecular weight excluding hydrogens is 500 g/mol. The Kier molecular flexibility index (Phi) is 6.58. The Balaban J connectivity index is 1.34. The van der Waals surface area contributed by atoms with E-state index in [0.717, 1.165) is 56.9 Å². The number of rotatable bonds is 4. The predicted octanol–water partition coefficient (Wildman–Crippen LogP) is 7.26. The van der Waals surface area contributed by atoms with Crippen LogP contribution in [0, 0.1) is 56.7 Å². The molecule has 40 heavy (non-hydrogen) atoms. The van der Waals surface area contributed by atoms with Gasteiger partial charge in [-0.1, -0.05) is 65.0 Å². The van der Waals surface area contributed by atoms with Crippen molar-refractivity contribution in [2.45, 2.75) is 112 Å². The molecule has 220 valence electrons. The number of ether oxygens (including phenoxy) is 1. The molecule has 5 saturated carbocycles. The molecule has 6 rings (SSSR count). The standard InChI is InChI=1S/C35H50O5/c1-31(2)25-14-17-34(5)26(32(25,3)16-15-27(31)36)12-11-24-28-23(29(37)38)13-18-35(28,20-19-33(24,34)4)30(39)40-21-22-9-7-6-8-10-22/h6-10,23-28,36H,11-21H2,1-5H3,(H,37,38)/t23-,24-,25+,26-,27+,28-,32+,33-,34-,35+/m1/s1. The summed E-state index contributed by atoms with van der Waals surface area (Å²) in [5.74, 6) is -0.302. The minimum absolute atomic E-state index is 0.0178. The van der Waals surface area contributed by atoms with Crippen molar-refractivity contribution in [1.82, 2.24) is 0 Å². The van der Waals surface area contributed by atoms with Gasteiger partial charge in [-0.15, -0.1) is 0 Å². The number of esters is 1. The molecule has 0 heterocycles. The molecule has 10 atom stereocenters. The van der Waals surface area contributed by atoms with Crippen molar-refractivity contribution < 1.29 is 24.5 Å². The monoisotopic (exact) mass is 550 g/mol. The molecule has 1 aromatic carbocycles. The molecule has 1 aromatic rings. The molecule has 0 saturated heterocycles. The highest BCUT2D eigenvalue weighted by atomic mass is 16.5. The van der Waals surface area contributed by atoms with E-state index in [0.29, 0.717) is 24.7 Å². The largest absolute Gasteiger partial charge is 0.481 e. The van der Waals surface area contributed by atoms with Gasteiger partial charge in [-0.25, -0.2) is 0 Å². The lowest BCUT2D eigenvalue weighted by Crippen LogP contribution is -2.67. The number of carboxylic acid groups (broad SMARTS) is 1. The molecule has 0 aromatic heterocycles. The quantitative estimate of drug-likeness (QED) is 0.386. The van der Waals surface area contributed by atoms with Crippen LogP contribution in [0.25, 0.3) is 0 Å². The van der Waals surface area contributed by atoms with E-state index in [4.69, 9.17) is 4.74 Å². The van der Waals surface area contributed by atoms with E-state index in [2.05, 4.69) is 34.6 Å². The maximum Gasteiger partial charge on any atom is 0.312 e. The first-order chi connectivity index (χ1) is 18.8. The maximum atomic E-state index is 14.0. The average Bonchev–Trinajstić information content (AvgIpc) is 3.32. The second kappa shape index (κ2) is 9.31. The van der Waals surface area contributed by atoms with E-state index in [1.807, 2.05) is 30.3 Å². The summed E-state index contributed by atoms with van der Waals surface area (Å²) in [5, 5.41) is 21.4. The molecule has 0 bridgehead atoms. The van der Waals surface area contributed by atoms with Crippen molar-refractivity contribution in [2.24, 2.45) is 56.7 Å². The molecule has 5 heteroatoms. The number of aliphatic hydroxyl groups excluding tert-OH is 1. The van der Waals surface area contributed by atoms with Gasteiger partial charge in [0.15, 0.2) is 0 Å². The molecule has 5 fully saturated rings. The molecular formula is C35H50O5. The molecule has 0 spiro atoms. The normalized spacial score (nSPS) is 47.2.